The van der Waals surface area contributed by atoms with Gasteiger partial charge in [-0.05, 0) is 98.5 Å². The lowest BCUT2D eigenvalue weighted by molar-refractivity contribution is -0.115. The first kappa shape index (κ1) is 27.1. The molecule has 182 valence electrons. The van der Waals surface area contributed by atoms with Crippen molar-refractivity contribution in [3.63, 3.8) is 0 Å². The van der Waals surface area contributed by atoms with Crippen molar-refractivity contribution in [3.8, 4) is 0 Å². The summed E-state index contributed by atoms with van der Waals surface area (Å²) in [5, 5.41) is 19.8. The van der Waals surface area contributed by atoms with Crippen LogP contribution in [-0.4, -0.2) is 28.7 Å². The van der Waals surface area contributed by atoms with E-state index in [0.29, 0.717) is 30.0 Å². The molecule has 0 aliphatic heterocycles. The van der Waals surface area contributed by atoms with Crippen LogP contribution in [0.3, 0.4) is 0 Å². The average molecular weight is 445 g/mol. The Kier molecular flexibility index (Phi) is 10.9. The molecule has 0 spiro atoms. The number of aliphatic hydroxyl groups is 2. The first-order valence-electron chi connectivity index (χ1n) is 13.3. The smallest absolute Gasteiger partial charge is 0.148 e. The predicted molar refractivity (Wildman–Crippen MR) is 134 cm³/mol. The number of rotatable bonds is 8. The van der Waals surface area contributed by atoms with Crippen LogP contribution in [0.15, 0.2) is 35.5 Å². The van der Waals surface area contributed by atoms with Gasteiger partial charge in [0, 0.05) is 0 Å². The van der Waals surface area contributed by atoms with E-state index in [1.54, 1.807) is 5.57 Å². The summed E-state index contributed by atoms with van der Waals surface area (Å²) in [6.07, 6.45) is 17.4. The van der Waals surface area contributed by atoms with Crippen molar-refractivity contribution in [2.75, 3.05) is 0 Å². The predicted octanol–water partition coefficient (Wildman–Crippen LogP) is 6.94. The van der Waals surface area contributed by atoms with E-state index in [0.717, 1.165) is 43.6 Å². The van der Waals surface area contributed by atoms with Crippen molar-refractivity contribution in [1.82, 2.24) is 0 Å². The zero-order chi connectivity index (χ0) is 23.7. The number of hydrogen-bond acceptors (Lipinski definition) is 3. The maximum Gasteiger partial charge on any atom is 0.148 e. The minimum Gasteiger partial charge on any atom is -0.388 e. The lowest BCUT2D eigenvalue weighted by atomic mass is 9.62. The van der Waals surface area contributed by atoms with E-state index in [-0.39, 0.29) is 6.10 Å². The number of fused-ring (bicyclic) bond motifs is 1. The van der Waals surface area contributed by atoms with Gasteiger partial charge in [-0.3, -0.25) is 0 Å². The fourth-order valence-electron chi connectivity index (χ4n) is 6.58. The molecule has 6 atom stereocenters. The van der Waals surface area contributed by atoms with Crippen LogP contribution in [0.4, 0.5) is 0 Å². The van der Waals surface area contributed by atoms with E-state index in [1.165, 1.54) is 44.1 Å². The number of carbonyl (C=O) groups is 1. The monoisotopic (exact) mass is 444 g/mol. The van der Waals surface area contributed by atoms with Crippen molar-refractivity contribution in [3.05, 3.63) is 35.5 Å². The average Bonchev–Trinajstić information content (AvgIpc) is 3.15. The van der Waals surface area contributed by atoms with Crippen LogP contribution < -0.4 is 0 Å². The topological polar surface area (TPSA) is 57.5 Å². The van der Waals surface area contributed by atoms with Gasteiger partial charge in [-0.25, -0.2) is 0 Å². The fourth-order valence-corrected chi connectivity index (χ4v) is 6.58. The van der Waals surface area contributed by atoms with Crippen LogP contribution in [0.5, 0.6) is 0 Å². The second-order valence-corrected chi connectivity index (χ2v) is 10.3. The summed E-state index contributed by atoms with van der Waals surface area (Å²) >= 11 is 0. The lowest BCUT2D eigenvalue weighted by Crippen LogP contribution is -2.33. The van der Waals surface area contributed by atoms with Gasteiger partial charge in [0.2, 0.25) is 0 Å². The van der Waals surface area contributed by atoms with E-state index in [9.17, 15) is 15.0 Å². The Morgan fingerprint density at radius 1 is 1.16 bits per heavy atom. The van der Waals surface area contributed by atoms with Gasteiger partial charge in [0.15, 0.2) is 0 Å². The molecule has 3 aliphatic rings. The summed E-state index contributed by atoms with van der Waals surface area (Å²) in [5.74, 6) is 1.86. The van der Waals surface area contributed by atoms with Gasteiger partial charge in [-0.1, -0.05) is 64.8 Å². The molecule has 2 N–H and O–H groups in total. The van der Waals surface area contributed by atoms with Crippen molar-refractivity contribution < 1.29 is 15.0 Å². The summed E-state index contributed by atoms with van der Waals surface area (Å²) < 4.78 is 0. The fraction of sp³-hybridized carbons (Fsp3) is 0.759. The summed E-state index contributed by atoms with van der Waals surface area (Å²) in [4.78, 5) is 10.8. The van der Waals surface area contributed by atoms with Crippen LogP contribution in [0.25, 0.3) is 0 Å². The number of aliphatic hydroxyl groups excluding tert-OH is 2. The Balaban J connectivity index is 0.00000176. The third-order valence-electron chi connectivity index (χ3n) is 8.63. The highest BCUT2D eigenvalue weighted by Crippen LogP contribution is 2.58. The third-order valence-corrected chi connectivity index (χ3v) is 8.63. The molecule has 0 bridgehead atoms. The minimum absolute atomic E-state index is 0.361. The molecule has 0 radical (unpaired) electrons. The highest BCUT2D eigenvalue weighted by Gasteiger charge is 2.48. The van der Waals surface area contributed by atoms with Gasteiger partial charge >= 0.3 is 0 Å². The van der Waals surface area contributed by atoms with Gasteiger partial charge in [0.1, 0.15) is 12.4 Å². The largest absolute Gasteiger partial charge is 0.388 e. The maximum absolute atomic E-state index is 10.8. The molecule has 3 fully saturated rings. The molecule has 0 aromatic heterocycles. The molecule has 0 saturated heterocycles. The molecule has 0 heterocycles. The normalized spacial score (nSPS) is 34.6. The maximum atomic E-state index is 10.8. The van der Waals surface area contributed by atoms with Gasteiger partial charge in [0.05, 0.1) is 6.10 Å². The van der Waals surface area contributed by atoms with Crippen LogP contribution in [0.1, 0.15) is 105 Å². The Hall–Kier alpha value is -1.19. The Morgan fingerprint density at radius 3 is 2.59 bits per heavy atom. The van der Waals surface area contributed by atoms with Crippen molar-refractivity contribution in [1.29, 1.82) is 0 Å². The van der Waals surface area contributed by atoms with E-state index >= 15 is 0 Å². The molecule has 0 amide bonds. The second-order valence-electron chi connectivity index (χ2n) is 10.3. The first-order chi connectivity index (χ1) is 15.4. The van der Waals surface area contributed by atoms with E-state index in [4.69, 9.17) is 0 Å². The number of allylic oxidation sites excluding steroid dienone is 3. The van der Waals surface area contributed by atoms with Crippen LogP contribution in [0, 0.1) is 23.2 Å². The van der Waals surface area contributed by atoms with E-state index in [1.807, 2.05) is 13.8 Å². The van der Waals surface area contributed by atoms with E-state index in [2.05, 4.69) is 32.6 Å². The molecule has 3 nitrogen and oxygen atoms in total. The SMILES string of the molecule is C=C1/C(=C\C=C2/CCCC3(C)C(CCC(CC)CC(O)C=O)CCC23)CCCC1O.CC. The number of carbonyl (C=O) groups excluding carboxylic acids is 1. The Morgan fingerprint density at radius 2 is 1.91 bits per heavy atom. The zero-order valence-corrected chi connectivity index (χ0v) is 21.1. The third kappa shape index (κ3) is 6.44. The molecule has 3 aliphatic carbocycles. The van der Waals surface area contributed by atoms with Gasteiger partial charge < -0.3 is 15.0 Å². The molecule has 0 aromatic carbocycles. The highest BCUT2D eigenvalue weighted by molar-refractivity contribution is 5.55. The highest BCUT2D eigenvalue weighted by atomic mass is 16.3. The van der Waals surface area contributed by atoms with Crippen LogP contribution in [-0.2, 0) is 4.79 Å². The van der Waals surface area contributed by atoms with E-state index < -0.39 is 6.10 Å². The van der Waals surface area contributed by atoms with Gasteiger partial charge in [-0.15, -0.1) is 0 Å². The number of hydrogen-bond donors (Lipinski definition) is 2. The van der Waals surface area contributed by atoms with Crippen molar-refractivity contribution in [2.45, 2.75) is 117 Å². The summed E-state index contributed by atoms with van der Waals surface area (Å²) in [6.45, 7) is 12.8. The molecule has 3 heteroatoms. The zero-order valence-electron chi connectivity index (χ0n) is 21.1. The lowest BCUT2D eigenvalue weighted by Gasteiger charge is -2.43. The standard InChI is InChI=1S/C27H42O3.C2H6/c1-4-20(17-24(29)18-28)10-13-23-14-15-25-22(8-6-16-27(23,25)3)12-11-21-7-5-9-26(30)19(21)2;1-2/h11-12,18,20,23-26,29-30H,2,4-10,13-17H2,1,3H3;1-2H3/b21-11-,22-12+;. The molecule has 0 aromatic rings. The Bertz CT molecular complexity index is 676. The minimum atomic E-state index is -0.799. The Labute approximate surface area is 197 Å². The van der Waals surface area contributed by atoms with Crippen molar-refractivity contribution >= 4 is 6.29 Å². The van der Waals surface area contributed by atoms with Gasteiger partial charge in [0.25, 0.3) is 0 Å². The molecular formula is C29H48O3. The molecular weight excluding hydrogens is 396 g/mol. The van der Waals surface area contributed by atoms with Crippen LogP contribution >= 0.6 is 0 Å². The molecule has 3 rings (SSSR count). The summed E-state index contributed by atoms with van der Waals surface area (Å²) in [7, 11) is 0. The van der Waals surface area contributed by atoms with Gasteiger partial charge in [-0.2, -0.15) is 0 Å². The summed E-state index contributed by atoms with van der Waals surface area (Å²) in [5.41, 5.74) is 4.15. The first-order valence-corrected chi connectivity index (χ1v) is 13.3. The summed E-state index contributed by atoms with van der Waals surface area (Å²) in [6, 6.07) is 0. The quantitative estimate of drug-likeness (QED) is 0.399. The van der Waals surface area contributed by atoms with Crippen molar-refractivity contribution in [2.24, 2.45) is 23.2 Å². The molecule has 6 unspecified atom stereocenters. The molecule has 32 heavy (non-hydrogen) atoms. The number of aldehydes is 1. The molecule has 3 saturated carbocycles. The van der Waals surface area contributed by atoms with Crippen LogP contribution in [0.2, 0.25) is 0 Å². The second kappa shape index (κ2) is 12.9.